The minimum Gasteiger partial charge on any atom is -0.466 e. The third-order valence-corrected chi connectivity index (χ3v) is 5.38. The van der Waals surface area contributed by atoms with Crippen molar-refractivity contribution in [3.63, 3.8) is 0 Å². The Kier molecular flexibility index (Phi) is 4.45. The zero-order chi connectivity index (χ0) is 19.1. The zero-order valence-corrected chi connectivity index (χ0v) is 15.5. The standard InChI is InChI=1S/C18H19N3O4S/c1-4-10-8-11(14(19)22)15(26-10)21-17(24)18(3)16(23)20-12-7-9(2)5-6-13(12)25-18/h5-8H,4H2,1-3H3,(H2,19,22)(H,20,23)(H,21,24). The van der Waals surface area contributed by atoms with E-state index in [0.29, 0.717) is 22.9 Å². The van der Waals surface area contributed by atoms with Crippen LogP contribution in [0.2, 0.25) is 0 Å². The van der Waals surface area contributed by atoms with Gasteiger partial charge in [-0.3, -0.25) is 14.4 Å². The summed E-state index contributed by atoms with van der Waals surface area (Å²) in [6, 6.07) is 6.94. The van der Waals surface area contributed by atoms with Crippen LogP contribution in [0.15, 0.2) is 24.3 Å². The van der Waals surface area contributed by atoms with Crippen LogP contribution in [0.4, 0.5) is 10.7 Å². The monoisotopic (exact) mass is 373 g/mol. The maximum Gasteiger partial charge on any atom is 0.278 e. The molecule has 1 aromatic heterocycles. The van der Waals surface area contributed by atoms with Crippen molar-refractivity contribution in [2.75, 3.05) is 10.6 Å². The van der Waals surface area contributed by atoms with Crippen LogP contribution < -0.4 is 21.1 Å². The van der Waals surface area contributed by atoms with E-state index in [1.165, 1.54) is 18.3 Å². The summed E-state index contributed by atoms with van der Waals surface area (Å²) in [5.41, 5.74) is 5.30. The van der Waals surface area contributed by atoms with E-state index in [0.717, 1.165) is 10.4 Å². The number of primary amides is 1. The first-order valence-electron chi connectivity index (χ1n) is 8.09. The van der Waals surface area contributed by atoms with Crippen LogP contribution >= 0.6 is 11.3 Å². The van der Waals surface area contributed by atoms with Gasteiger partial charge in [-0.05, 0) is 44.0 Å². The molecule has 1 atom stereocenters. The van der Waals surface area contributed by atoms with E-state index in [2.05, 4.69) is 10.6 Å². The van der Waals surface area contributed by atoms with E-state index >= 15 is 0 Å². The van der Waals surface area contributed by atoms with Crippen molar-refractivity contribution in [1.82, 2.24) is 0 Å². The highest BCUT2D eigenvalue weighted by Gasteiger charge is 2.47. The second kappa shape index (κ2) is 6.45. The van der Waals surface area contributed by atoms with Crippen molar-refractivity contribution in [2.45, 2.75) is 32.8 Å². The number of carbonyl (C=O) groups excluding carboxylic acids is 3. The van der Waals surface area contributed by atoms with Crippen LogP contribution in [-0.2, 0) is 16.0 Å². The Labute approximate surface area is 154 Å². The lowest BCUT2D eigenvalue weighted by Crippen LogP contribution is -2.56. The average molecular weight is 373 g/mol. The van der Waals surface area contributed by atoms with E-state index < -0.39 is 23.3 Å². The van der Waals surface area contributed by atoms with Gasteiger partial charge in [0.25, 0.3) is 23.3 Å². The number of benzene rings is 1. The number of fused-ring (bicyclic) bond motifs is 1. The number of nitrogens with two attached hydrogens (primary N) is 1. The minimum atomic E-state index is -1.77. The molecule has 1 unspecified atom stereocenters. The smallest absolute Gasteiger partial charge is 0.278 e. The van der Waals surface area contributed by atoms with Gasteiger partial charge >= 0.3 is 0 Å². The summed E-state index contributed by atoms with van der Waals surface area (Å²) in [6.07, 6.45) is 0.696. The number of thiophene rings is 1. The topological polar surface area (TPSA) is 111 Å². The number of rotatable bonds is 4. The highest BCUT2D eigenvalue weighted by atomic mass is 32.1. The van der Waals surface area contributed by atoms with Gasteiger partial charge in [-0.25, -0.2) is 0 Å². The first-order chi connectivity index (χ1) is 12.2. The van der Waals surface area contributed by atoms with E-state index in [1.54, 1.807) is 18.2 Å². The molecule has 26 heavy (non-hydrogen) atoms. The molecule has 2 aromatic rings. The Bertz CT molecular complexity index is 921. The summed E-state index contributed by atoms with van der Waals surface area (Å²) in [7, 11) is 0. The molecule has 1 aromatic carbocycles. The van der Waals surface area contributed by atoms with Gasteiger partial charge in [-0.1, -0.05) is 13.0 Å². The normalized spacial score (nSPS) is 18.5. The predicted octanol–water partition coefficient (Wildman–Crippen LogP) is 2.45. The molecule has 0 radical (unpaired) electrons. The Hall–Kier alpha value is -2.87. The molecule has 0 saturated heterocycles. The average Bonchev–Trinajstić information content (AvgIpc) is 2.99. The molecular formula is C18H19N3O4S. The minimum absolute atomic E-state index is 0.219. The SMILES string of the molecule is CCc1cc(C(N)=O)c(NC(=O)C2(C)Oc3ccc(C)cc3NC2=O)s1. The summed E-state index contributed by atoms with van der Waals surface area (Å²) in [5, 5.41) is 5.63. The molecule has 7 nitrogen and oxygen atoms in total. The quantitative estimate of drug-likeness (QED) is 0.715. The Morgan fingerprint density at radius 3 is 2.73 bits per heavy atom. The van der Waals surface area contributed by atoms with Crippen molar-refractivity contribution in [3.05, 3.63) is 40.3 Å². The van der Waals surface area contributed by atoms with Crippen molar-refractivity contribution < 1.29 is 19.1 Å². The molecule has 8 heteroatoms. The molecule has 4 N–H and O–H groups in total. The number of aryl methyl sites for hydroxylation is 2. The van der Waals surface area contributed by atoms with Crippen molar-refractivity contribution >= 4 is 39.7 Å². The highest BCUT2D eigenvalue weighted by molar-refractivity contribution is 7.16. The lowest BCUT2D eigenvalue weighted by atomic mass is 10.0. The van der Waals surface area contributed by atoms with Gasteiger partial charge in [0.05, 0.1) is 11.3 Å². The lowest BCUT2D eigenvalue weighted by molar-refractivity contribution is -0.143. The summed E-state index contributed by atoms with van der Waals surface area (Å²) < 4.78 is 5.72. The molecule has 0 fully saturated rings. The first-order valence-corrected chi connectivity index (χ1v) is 8.91. The molecule has 0 bridgehead atoms. The second-order valence-electron chi connectivity index (χ2n) is 6.22. The zero-order valence-electron chi connectivity index (χ0n) is 14.6. The van der Waals surface area contributed by atoms with E-state index in [9.17, 15) is 14.4 Å². The van der Waals surface area contributed by atoms with Crippen LogP contribution in [-0.4, -0.2) is 23.3 Å². The van der Waals surface area contributed by atoms with Crippen LogP contribution in [0.25, 0.3) is 0 Å². The Balaban J connectivity index is 1.90. The van der Waals surface area contributed by atoms with Crippen molar-refractivity contribution in [2.24, 2.45) is 5.73 Å². The molecule has 136 valence electrons. The number of ether oxygens (including phenoxy) is 1. The molecule has 0 aliphatic carbocycles. The predicted molar refractivity (Wildman–Crippen MR) is 99.7 cm³/mol. The van der Waals surface area contributed by atoms with Crippen LogP contribution in [0.1, 0.15) is 34.6 Å². The number of amides is 3. The molecular weight excluding hydrogens is 354 g/mol. The maximum absolute atomic E-state index is 12.8. The summed E-state index contributed by atoms with van der Waals surface area (Å²) >= 11 is 1.25. The number of nitrogens with one attached hydrogen (secondary N) is 2. The fourth-order valence-corrected chi connectivity index (χ4v) is 3.60. The molecule has 3 amide bonds. The third kappa shape index (κ3) is 3.03. The Morgan fingerprint density at radius 2 is 2.08 bits per heavy atom. The number of anilines is 2. The first kappa shape index (κ1) is 17.9. The van der Waals surface area contributed by atoms with Gasteiger partial charge < -0.3 is 21.1 Å². The van der Waals surface area contributed by atoms with Crippen LogP contribution in [0.3, 0.4) is 0 Å². The van der Waals surface area contributed by atoms with Crippen LogP contribution in [0, 0.1) is 6.92 Å². The number of carbonyl (C=O) groups is 3. The maximum atomic E-state index is 12.8. The van der Waals surface area contributed by atoms with E-state index in [4.69, 9.17) is 10.5 Å². The molecule has 2 heterocycles. The largest absolute Gasteiger partial charge is 0.466 e. The number of hydrogen-bond donors (Lipinski definition) is 3. The van der Waals surface area contributed by atoms with Gasteiger partial charge in [0.15, 0.2) is 0 Å². The fourth-order valence-electron chi connectivity index (χ4n) is 2.60. The highest BCUT2D eigenvalue weighted by Crippen LogP contribution is 2.36. The molecule has 1 aliphatic rings. The molecule has 3 rings (SSSR count). The van der Waals surface area contributed by atoms with Gasteiger partial charge in [-0.15, -0.1) is 11.3 Å². The van der Waals surface area contributed by atoms with Gasteiger partial charge in [0.2, 0.25) is 0 Å². The summed E-state index contributed by atoms with van der Waals surface area (Å²) in [6.45, 7) is 5.21. The molecule has 0 spiro atoms. The van der Waals surface area contributed by atoms with Crippen molar-refractivity contribution in [1.29, 1.82) is 0 Å². The lowest BCUT2D eigenvalue weighted by Gasteiger charge is -2.33. The van der Waals surface area contributed by atoms with Crippen LogP contribution in [0.5, 0.6) is 5.75 Å². The van der Waals surface area contributed by atoms with Gasteiger partial charge in [0, 0.05) is 4.88 Å². The van der Waals surface area contributed by atoms with Gasteiger partial charge in [0.1, 0.15) is 10.8 Å². The second-order valence-corrected chi connectivity index (χ2v) is 7.35. The van der Waals surface area contributed by atoms with Gasteiger partial charge in [-0.2, -0.15) is 0 Å². The summed E-state index contributed by atoms with van der Waals surface area (Å²) in [4.78, 5) is 37.8. The van der Waals surface area contributed by atoms with Crippen molar-refractivity contribution in [3.8, 4) is 5.75 Å². The Morgan fingerprint density at radius 1 is 1.35 bits per heavy atom. The third-order valence-electron chi connectivity index (χ3n) is 4.19. The van der Waals surface area contributed by atoms with E-state index in [-0.39, 0.29) is 5.56 Å². The molecule has 0 saturated carbocycles. The van der Waals surface area contributed by atoms with E-state index in [1.807, 2.05) is 19.9 Å². The molecule has 1 aliphatic heterocycles. The fraction of sp³-hybridized carbons (Fsp3) is 0.278. The number of hydrogen-bond acceptors (Lipinski definition) is 5. The summed E-state index contributed by atoms with van der Waals surface area (Å²) in [5.74, 6) is -1.49.